The summed E-state index contributed by atoms with van der Waals surface area (Å²) in [7, 11) is 0. The number of carbonyl (C=O) groups is 1. The first-order chi connectivity index (χ1) is 13.8. The van der Waals surface area contributed by atoms with E-state index in [1.54, 1.807) is 0 Å². The van der Waals surface area contributed by atoms with Crippen LogP contribution in [0.4, 0.5) is 10.6 Å². The topological polar surface area (TPSA) is 87.5 Å². The summed E-state index contributed by atoms with van der Waals surface area (Å²) in [6.45, 7) is 2.56. The summed E-state index contributed by atoms with van der Waals surface area (Å²) in [4.78, 5) is 14.4. The number of hydrogen-bond donors (Lipinski definition) is 2. The summed E-state index contributed by atoms with van der Waals surface area (Å²) in [5.41, 5.74) is 0.819. The molecule has 8 heteroatoms. The minimum Gasteiger partial charge on any atom is -0.354 e. The molecule has 8 nitrogen and oxygen atoms in total. The second-order valence-electron chi connectivity index (χ2n) is 8.61. The minimum absolute atomic E-state index is 0.0107. The van der Waals surface area contributed by atoms with E-state index in [2.05, 4.69) is 25.7 Å². The number of nitrogens with one attached hydrogen (secondary N) is 2. The van der Waals surface area contributed by atoms with Crippen molar-refractivity contribution in [2.75, 3.05) is 24.5 Å². The highest BCUT2D eigenvalue weighted by atomic mass is 16.2. The largest absolute Gasteiger partial charge is 0.354 e. The molecule has 2 aliphatic carbocycles. The lowest BCUT2D eigenvalue weighted by atomic mass is 10.0. The summed E-state index contributed by atoms with van der Waals surface area (Å²) < 4.78 is 1.90. The van der Waals surface area contributed by atoms with Crippen LogP contribution in [0.3, 0.4) is 0 Å². The van der Waals surface area contributed by atoms with Crippen LogP contribution in [0.25, 0.3) is 5.65 Å². The third kappa shape index (κ3) is 3.77. The predicted octanol–water partition coefficient (Wildman–Crippen LogP) is 2.46. The third-order valence-electron chi connectivity index (χ3n) is 6.24. The van der Waals surface area contributed by atoms with E-state index in [-0.39, 0.29) is 6.03 Å². The Morgan fingerprint density at radius 3 is 2.57 bits per heavy atom. The predicted molar refractivity (Wildman–Crippen MR) is 106 cm³/mol. The number of anilines is 1. The van der Waals surface area contributed by atoms with Gasteiger partial charge in [0.05, 0.1) is 0 Å². The SMILES string of the molecule is O=C(NCC1CN(c2ccc3nnc(C4CC4)n3n2)C1)NC1CCCCCC1. The molecule has 2 amide bonds. The Balaban J connectivity index is 1.10. The molecule has 2 N–H and O–H groups in total. The molecule has 3 aliphatic rings. The molecule has 2 saturated carbocycles. The van der Waals surface area contributed by atoms with Gasteiger partial charge >= 0.3 is 6.03 Å². The van der Waals surface area contributed by atoms with Crippen LogP contribution in [-0.4, -0.2) is 51.5 Å². The Kier molecular flexibility index (Phi) is 4.78. The first kappa shape index (κ1) is 17.7. The number of urea groups is 1. The van der Waals surface area contributed by atoms with Gasteiger partial charge in [-0.25, -0.2) is 4.79 Å². The lowest BCUT2D eigenvalue weighted by Crippen LogP contribution is -2.53. The van der Waals surface area contributed by atoms with Crippen molar-refractivity contribution in [3.05, 3.63) is 18.0 Å². The normalized spacial score (nSPS) is 21.4. The van der Waals surface area contributed by atoms with Gasteiger partial charge in [0, 0.05) is 37.5 Å². The Labute approximate surface area is 165 Å². The number of carbonyl (C=O) groups excluding carboxylic acids is 1. The van der Waals surface area contributed by atoms with Gasteiger partial charge in [-0.3, -0.25) is 0 Å². The van der Waals surface area contributed by atoms with Gasteiger partial charge in [0.15, 0.2) is 11.5 Å². The molecule has 3 fully saturated rings. The lowest BCUT2D eigenvalue weighted by Gasteiger charge is -2.40. The maximum Gasteiger partial charge on any atom is 0.315 e. The molecular formula is C20H29N7O. The number of aromatic nitrogens is 4. The Morgan fingerprint density at radius 2 is 1.82 bits per heavy atom. The van der Waals surface area contributed by atoms with Gasteiger partial charge in [0.2, 0.25) is 0 Å². The second kappa shape index (κ2) is 7.56. The monoisotopic (exact) mass is 383 g/mol. The van der Waals surface area contributed by atoms with E-state index in [0.717, 1.165) is 49.8 Å². The minimum atomic E-state index is -0.0107. The Morgan fingerprint density at radius 1 is 1.04 bits per heavy atom. The van der Waals surface area contributed by atoms with E-state index < -0.39 is 0 Å². The molecule has 2 aromatic heterocycles. The third-order valence-corrected chi connectivity index (χ3v) is 6.24. The van der Waals surface area contributed by atoms with Gasteiger partial charge in [0.25, 0.3) is 0 Å². The highest BCUT2D eigenvalue weighted by Gasteiger charge is 2.31. The lowest BCUT2D eigenvalue weighted by molar-refractivity contribution is 0.232. The zero-order valence-corrected chi connectivity index (χ0v) is 16.3. The van der Waals surface area contributed by atoms with Crippen molar-refractivity contribution < 1.29 is 4.79 Å². The van der Waals surface area contributed by atoms with E-state index in [1.807, 2.05) is 16.6 Å². The van der Waals surface area contributed by atoms with Crippen LogP contribution in [0, 0.1) is 5.92 Å². The van der Waals surface area contributed by atoms with Crippen molar-refractivity contribution in [1.29, 1.82) is 0 Å². The van der Waals surface area contributed by atoms with Crippen LogP contribution in [0.15, 0.2) is 12.1 Å². The first-order valence-electron chi connectivity index (χ1n) is 10.8. The van der Waals surface area contributed by atoms with Crippen LogP contribution in [-0.2, 0) is 0 Å². The first-order valence-corrected chi connectivity index (χ1v) is 10.8. The smallest absolute Gasteiger partial charge is 0.315 e. The van der Waals surface area contributed by atoms with Crippen molar-refractivity contribution >= 4 is 17.5 Å². The fraction of sp³-hybridized carbons (Fsp3) is 0.700. The molecule has 150 valence electrons. The molecule has 0 atom stereocenters. The number of nitrogens with zero attached hydrogens (tertiary/aromatic N) is 5. The highest BCUT2D eigenvalue weighted by molar-refractivity contribution is 5.74. The summed E-state index contributed by atoms with van der Waals surface area (Å²) in [6.07, 6.45) is 9.67. The Hall–Kier alpha value is -2.38. The molecule has 0 radical (unpaired) electrons. The summed E-state index contributed by atoms with van der Waals surface area (Å²) in [5, 5.41) is 19.5. The molecule has 3 heterocycles. The van der Waals surface area contributed by atoms with Gasteiger partial charge in [-0.2, -0.15) is 4.52 Å². The van der Waals surface area contributed by atoms with Gasteiger partial charge in [-0.15, -0.1) is 15.3 Å². The molecule has 0 unspecified atom stereocenters. The molecule has 1 saturated heterocycles. The number of rotatable bonds is 5. The summed E-state index contributed by atoms with van der Waals surface area (Å²) in [6, 6.07) is 4.35. The van der Waals surface area contributed by atoms with Gasteiger partial charge in [-0.05, 0) is 37.8 Å². The maximum absolute atomic E-state index is 12.2. The molecule has 2 aromatic rings. The standard InChI is InChI=1S/C20H29N7O/c28-20(22-16-5-3-1-2-4-6-16)21-11-14-12-26(13-14)18-10-9-17-23-24-19(15-7-8-15)27(17)25-18/h9-10,14-16H,1-8,11-13H2,(H2,21,22,28). The van der Waals surface area contributed by atoms with Crippen molar-refractivity contribution in [3.63, 3.8) is 0 Å². The summed E-state index contributed by atoms with van der Waals surface area (Å²) >= 11 is 0. The molecule has 0 spiro atoms. The fourth-order valence-corrected chi connectivity index (χ4v) is 4.34. The van der Waals surface area contributed by atoms with Crippen LogP contribution >= 0.6 is 0 Å². The van der Waals surface area contributed by atoms with E-state index in [1.165, 1.54) is 38.5 Å². The number of fused-ring (bicyclic) bond motifs is 1. The quantitative estimate of drug-likeness (QED) is 0.775. The maximum atomic E-state index is 12.2. The molecule has 1 aliphatic heterocycles. The van der Waals surface area contributed by atoms with Crippen LogP contribution in [0.1, 0.15) is 63.1 Å². The zero-order chi connectivity index (χ0) is 18.9. The van der Waals surface area contributed by atoms with E-state index in [0.29, 0.717) is 17.9 Å². The van der Waals surface area contributed by atoms with Crippen LogP contribution in [0.5, 0.6) is 0 Å². The van der Waals surface area contributed by atoms with Crippen molar-refractivity contribution in [2.24, 2.45) is 5.92 Å². The Bertz CT molecular complexity index is 832. The molecular weight excluding hydrogens is 354 g/mol. The molecule has 0 bridgehead atoms. The molecule has 0 aromatic carbocycles. The van der Waals surface area contributed by atoms with E-state index in [9.17, 15) is 4.79 Å². The van der Waals surface area contributed by atoms with E-state index >= 15 is 0 Å². The fourth-order valence-electron chi connectivity index (χ4n) is 4.34. The van der Waals surface area contributed by atoms with Gasteiger partial charge < -0.3 is 15.5 Å². The average Bonchev–Trinajstić information content (AvgIpc) is 3.46. The molecule has 5 rings (SSSR count). The number of amides is 2. The van der Waals surface area contributed by atoms with Crippen LogP contribution in [0.2, 0.25) is 0 Å². The summed E-state index contributed by atoms with van der Waals surface area (Å²) in [5.74, 6) is 2.96. The van der Waals surface area contributed by atoms with Gasteiger partial charge in [0.1, 0.15) is 5.82 Å². The highest BCUT2D eigenvalue weighted by Crippen LogP contribution is 2.38. The van der Waals surface area contributed by atoms with Crippen molar-refractivity contribution in [2.45, 2.75) is 63.3 Å². The van der Waals surface area contributed by atoms with Crippen molar-refractivity contribution in [1.82, 2.24) is 30.4 Å². The van der Waals surface area contributed by atoms with Gasteiger partial charge in [-0.1, -0.05) is 25.7 Å². The zero-order valence-electron chi connectivity index (χ0n) is 16.3. The van der Waals surface area contributed by atoms with Crippen molar-refractivity contribution in [3.8, 4) is 0 Å². The second-order valence-corrected chi connectivity index (χ2v) is 8.61. The molecule has 28 heavy (non-hydrogen) atoms. The number of hydrogen-bond acceptors (Lipinski definition) is 5. The van der Waals surface area contributed by atoms with Crippen LogP contribution < -0.4 is 15.5 Å². The van der Waals surface area contributed by atoms with E-state index in [4.69, 9.17) is 5.10 Å². The average molecular weight is 384 g/mol.